The number of carboxylic acid groups (broad SMARTS) is 1. The number of amides is 1. The predicted octanol–water partition coefficient (Wildman–Crippen LogP) is 1.02. The van der Waals surface area contributed by atoms with Crippen LogP contribution in [0.15, 0.2) is 0 Å². The van der Waals surface area contributed by atoms with Crippen molar-refractivity contribution >= 4 is 23.6 Å². The van der Waals surface area contributed by atoms with Crippen molar-refractivity contribution in [2.45, 2.75) is 24.6 Å². The Kier molecular flexibility index (Phi) is 3.72. The fourth-order valence-corrected chi connectivity index (χ4v) is 2.70. The van der Waals surface area contributed by atoms with Gasteiger partial charge in [0.15, 0.2) is 0 Å². The summed E-state index contributed by atoms with van der Waals surface area (Å²) in [6.45, 7) is 0. The van der Waals surface area contributed by atoms with E-state index in [1.807, 2.05) is 5.32 Å². The Bertz CT molecular complexity index is 299. The molecule has 0 saturated carbocycles. The largest absolute Gasteiger partial charge is 0.479 e. The Balaban J connectivity index is 2.63. The zero-order valence-electron chi connectivity index (χ0n) is 8.13. The van der Waals surface area contributed by atoms with Crippen LogP contribution in [0.1, 0.15) is 12.8 Å². The third kappa shape index (κ3) is 3.29. The van der Waals surface area contributed by atoms with Crippen molar-refractivity contribution in [3.8, 4) is 0 Å². The smallest absolute Gasteiger partial charge is 0.397 e. The van der Waals surface area contributed by atoms with E-state index in [-0.39, 0.29) is 12.2 Å². The average Bonchev–Trinajstić information content (AvgIpc) is 2.49. The molecule has 92 valence electrons. The summed E-state index contributed by atoms with van der Waals surface area (Å²) < 4.78 is 35.7. The summed E-state index contributed by atoms with van der Waals surface area (Å²) in [6.07, 6.45) is -6.11. The van der Waals surface area contributed by atoms with Crippen LogP contribution in [-0.4, -0.2) is 40.2 Å². The summed E-state index contributed by atoms with van der Waals surface area (Å²) in [5.74, 6) is -1.96. The van der Waals surface area contributed by atoms with Crippen LogP contribution in [0.3, 0.4) is 0 Å². The van der Waals surface area contributed by atoms with Gasteiger partial charge in [0.05, 0.1) is 0 Å². The quantitative estimate of drug-likeness (QED) is 0.792. The van der Waals surface area contributed by atoms with Gasteiger partial charge >= 0.3 is 12.1 Å². The highest BCUT2D eigenvalue weighted by atomic mass is 32.2. The second-order valence-corrected chi connectivity index (χ2v) is 4.64. The van der Waals surface area contributed by atoms with Crippen molar-refractivity contribution in [2.75, 3.05) is 11.5 Å². The first kappa shape index (κ1) is 13.1. The minimum Gasteiger partial charge on any atom is -0.479 e. The Labute approximate surface area is 93.6 Å². The molecule has 1 unspecified atom stereocenters. The number of carboxylic acids is 1. The molecule has 1 heterocycles. The van der Waals surface area contributed by atoms with Crippen molar-refractivity contribution in [1.82, 2.24) is 5.32 Å². The lowest BCUT2D eigenvalue weighted by molar-refractivity contribution is -0.159. The van der Waals surface area contributed by atoms with E-state index in [0.29, 0.717) is 5.75 Å². The van der Waals surface area contributed by atoms with Gasteiger partial charge in [0.1, 0.15) is 12.0 Å². The van der Waals surface area contributed by atoms with Gasteiger partial charge in [0.25, 0.3) is 0 Å². The molecule has 0 aliphatic carbocycles. The molecule has 1 amide bonds. The van der Waals surface area contributed by atoms with Gasteiger partial charge in [-0.2, -0.15) is 24.9 Å². The number of carbonyl (C=O) groups excluding carboxylic acids is 1. The molecule has 0 aromatic rings. The molecular weight excluding hydrogens is 247 g/mol. The average molecular weight is 257 g/mol. The van der Waals surface area contributed by atoms with E-state index in [0.717, 1.165) is 0 Å². The Morgan fingerprint density at radius 3 is 2.44 bits per heavy atom. The summed E-state index contributed by atoms with van der Waals surface area (Å²) in [5.41, 5.74) is -1.53. The third-order valence-electron chi connectivity index (χ3n) is 2.17. The van der Waals surface area contributed by atoms with Crippen LogP contribution in [-0.2, 0) is 9.59 Å². The molecular formula is C8H10F3NO3S. The lowest BCUT2D eigenvalue weighted by atomic mass is 9.99. The van der Waals surface area contributed by atoms with Gasteiger partial charge in [-0.3, -0.25) is 4.79 Å². The van der Waals surface area contributed by atoms with Crippen LogP contribution in [0.5, 0.6) is 0 Å². The number of halogens is 3. The number of rotatable bonds is 3. The van der Waals surface area contributed by atoms with Crippen molar-refractivity contribution in [3.05, 3.63) is 0 Å². The molecule has 4 nitrogen and oxygen atoms in total. The van der Waals surface area contributed by atoms with Crippen molar-refractivity contribution in [2.24, 2.45) is 0 Å². The second-order valence-electron chi connectivity index (χ2n) is 3.53. The van der Waals surface area contributed by atoms with Gasteiger partial charge in [-0.1, -0.05) is 0 Å². The molecule has 0 aromatic heterocycles. The SMILES string of the molecule is O=C(CC(F)(F)F)NC1(C(=O)O)CCSC1. The molecule has 2 N–H and O–H groups in total. The number of carbonyl (C=O) groups is 2. The maximum absolute atomic E-state index is 11.9. The first-order valence-electron chi connectivity index (χ1n) is 4.44. The number of thioether (sulfide) groups is 1. The van der Waals surface area contributed by atoms with Crippen molar-refractivity contribution in [1.29, 1.82) is 0 Å². The van der Waals surface area contributed by atoms with Gasteiger partial charge in [-0.15, -0.1) is 0 Å². The highest BCUT2D eigenvalue weighted by Crippen LogP contribution is 2.29. The Morgan fingerprint density at radius 1 is 1.44 bits per heavy atom. The van der Waals surface area contributed by atoms with Crippen LogP contribution < -0.4 is 5.32 Å². The molecule has 0 aromatic carbocycles. The summed E-state index contributed by atoms with van der Waals surface area (Å²) in [6, 6.07) is 0. The van der Waals surface area contributed by atoms with E-state index in [1.54, 1.807) is 0 Å². The van der Waals surface area contributed by atoms with Crippen LogP contribution in [0.2, 0.25) is 0 Å². The second kappa shape index (κ2) is 4.52. The van der Waals surface area contributed by atoms with Crippen LogP contribution in [0.4, 0.5) is 13.2 Å². The summed E-state index contributed by atoms with van der Waals surface area (Å²) in [4.78, 5) is 21.9. The number of aliphatic carboxylic acids is 1. The highest BCUT2D eigenvalue weighted by Gasteiger charge is 2.44. The number of alkyl halides is 3. The molecule has 16 heavy (non-hydrogen) atoms. The Morgan fingerprint density at radius 2 is 2.06 bits per heavy atom. The molecule has 0 radical (unpaired) electrons. The van der Waals surface area contributed by atoms with Gasteiger partial charge < -0.3 is 10.4 Å². The molecule has 1 aliphatic rings. The summed E-state index contributed by atoms with van der Waals surface area (Å²) in [5, 5.41) is 10.9. The molecule has 0 bridgehead atoms. The lowest BCUT2D eigenvalue weighted by Gasteiger charge is -2.24. The monoisotopic (exact) mass is 257 g/mol. The molecule has 1 rings (SSSR count). The molecule has 0 spiro atoms. The van der Waals surface area contributed by atoms with Crippen molar-refractivity contribution < 1.29 is 27.9 Å². The first-order valence-corrected chi connectivity index (χ1v) is 5.60. The van der Waals surface area contributed by atoms with E-state index in [9.17, 15) is 22.8 Å². The predicted molar refractivity (Wildman–Crippen MR) is 51.1 cm³/mol. The zero-order chi connectivity index (χ0) is 12.4. The fraction of sp³-hybridized carbons (Fsp3) is 0.750. The van der Waals surface area contributed by atoms with Crippen LogP contribution in [0.25, 0.3) is 0 Å². The summed E-state index contributed by atoms with van der Waals surface area (Å²) >= 11 is 1.29. The van der Waals surface area contributed by atoms with Gasteiger partial charge in [-0.05, 0) is 12.2 Å². The minimum atomic E-state index is -4.62. The van der Waals surface area contributed by atoms with Gasteiger partial charge in [0.2, 0.25) is 5.91 Å². The molecule has 1 atom stereocenters. The Hall–Kier alpha value is -0.920. The van der Waals surface area contributed by atoms with Gasteiger partial charge in [0, 0.05) is 5.75 Å². The van der Waals surface area contributed by atoms with Gasteiger partial charge in [-0.25, -0.2) is 4.79 Å². The zero-order valence-corrected chi connectivity index (χ0v) is 8.95. The highest BCUT2D eigenvalue weighted by molar-refractivity contribution is 7.99. The maximum atomic E-state index is 11.9. The molecule has 1 fully saturated rings. The number of nitrogens with one attached hydrogen (secondary N) is 1. The topological polar surface area (TPSA) is 66.4 Å². The normalized spacial score (nSPS) is 25.4. The molecule has 1 aliphatic heterocycles. The van der Waals surface area contributed by atoms with Crippen LogP contribution >= 0.6 is 11.8 Å². The van der Waals surface area contributed by atoms with E-state index in [1.165, 1.54) is 11.8 Å². The maximum Gasteiger partial charge on any atom is 0.397 e. The number of hydrogen-bond acceptors (Lipinski definition) is 3. The standard InChI is InChI=1S/C8H10F3NO3S/c9-8(10,11)3-5(13)12-7(6(14)15)1-2-16-4-7/h1-4H2,(H,12,13)(H,14,15). The lowest BCUT2D eigenvalue weighted by Crippen LogP contribution is -2.55. The van der Waals surface area contributed by atoms with Crippen LogP contribution in [0, 0.1) is 0 Å². The molecule has 8 heteroatoms. The third-order valence-corrected chi connectivity index (χ3v) is 3.36. The molecule has 1 saturated heterocycles. The van der Waals surface area contributed by atoms with Crippen molar-refractivity contribution in [3.63, 3.8) is 0 Å². The first-order chi connectivity index (χ1) is 7.25. The fourth-order valence-electron chi connectivity index (χ4n) is 1.38. The van der Waals surface area contributed by atoms with E-state index >= 15 is 0 Å². The van der Waals surface area contributed by atoms with E-state index in [2.05, 4.69) is 0 Å². The summed E-state index contributed by atoms with van der Waals surface area (Å²) in [7, 11) is 0. The van der Waals surface area contributed by atoms with E-state index < -0.39 is 30.0 Å². The minimum absolute atomic E-state index is 0.103. The number of hydrogen-bond donors (Lipinski definition) is 2. The van der Waals surface area contributed by atoms with E-state index in [4.69, 9.17) is 5.11 Å².